The molecule has 0 spiro atoms. The van der Waals surface area contributed by atoms with E-state index in [2.05, 4.69) is 26.0 Å². The highest BCUT2D eigenvalue weighted by Gasteiger charge is 2.12. The van der Waals surface area contributed by atoms with Gasteiger partial charge in [0.15, 0.2) is 11.5 Å². The molecule has 5 nitrogen and oxygen atoms in total. The molecule has 1 aromatic heterocycles. The zero-order chi connectivity index (χ0) is 21.3. The second kappa shape index (κ2) is 10.5. The third kappa shape index (κ3) is 6.41. The summed E-state index contributed by atoms with van der Waals surface area (Å²) in [7, 11) is 1.59. The van der Waals surface area contributed by atoms with E-state index in [9.17, 15) is 4.79 Å². The zero-order valence-corrected chi connectivity index (χ0v) is 17.7. The maximum atomic E-state index is 12.3. The summed E-state index contributed by atoms with van der Waals surface area (Å²) < 4.78 is 22.1. The van der Waals surface area contributed by atoms with Crippen molar-refractivity contribution in [2.24, 2.45) is 5.92 Å². The predicted molar refractivity (Wildman–Crippen MR) is 115 cm³/mol. The highest BCUT2D eigenvalue weighted by atomic mass is 16.5. The van der Waals surface area contributed by atoms with Gasteiger partial charge in [-0.1, -0.05) is 50.2 Å². The lowest BCUT2D eigenvalue weighted by molar-refractivity contribution is -0.144. The number of hydrogen-bond acceptors (Lipinski definition) is 5. The first-order valence-corrected chi connectivity index (χ1v) is 10.1. The molecule has 0 saturated carbocycles. The Morgan fingerprint density at radius 1 is 0.967 bits per heavy atom. The largest absolute Gasteiger partial charge is 0.493 e. The Morgan fingerprint density at radius 2 is 1.77 bits per heavy atom. The van der Waals surface area contributed by atoms with Gasteiger partial charge in [0, 0.05) is 12.0 Å². The van der Waals surface area contributed by atoms with Crippen LogP contribution in [0.5, 0.6) is 11.5 Å². The Hall–Kier alpha value is -3.21. The molecular weight excluding hydrogens is 380 g/mol. The normalized spacial score (nSPS) is 10.8. The maximum absolute atomic E-state index is 12.3. The van der Waals surface area contributed by atoms with E-state index in [1.165, 1.54) is 5.56 Å². The molecule has 0 N–H and O–H groups in total. The summed E-state index contributed by atoms with van der Waals surface area (Å²) in [5.74, 6) is 2.24. The topological polar surface area (TPSA) is 57.9 Å². The van der Waals surface area contributed by atoms with E-state index in [1.807, 2.05) is 42.5 Å². The summed E-state index contributed by atoms with van der Waals surface area (Å²) in [6.45, 7) is 4.96. The third-order valence-electron chi connectivity index (χ3n) is 4.48. The van der Waals surface area contributed by atoms with E-state index in [1.54, 1.807) is 13.4 Å². The van der Waals surface area contributed by atoms with Crippen molar-refractivity contribution in [1.82, 2.24) is 0 Å². The molecule has 0 atom stereocenters. The minimum atomic E-state index is -0.307. The molecule has 0 aliphatic carbocycles. The molecule has 0 fully saturated rings. The van der Waals surface area contributed by atoms with Crippen molar-refractivity contribution in [2.75, 3.05) is 13.7 Å². The van der Waals surface area contributed by atoms with Crippen molar-refractivity contribution in [2.45, 2.75) is 33.3 Å². The number of carbonyl (C=O) groups is 1. The molecule has 0 unspecified atom stereocenters. The lowest BCUT2D eigenvalue weighted by Gasteiger charge is -2.13. The molecule has 0 bridgehead atoms. The summed E-state index contributed by atoms with van der Waals surface area (Å²) in [6, 6.07) is 17.5. The first-order valence-electron chi connectivity index (χ1n) is 10.1. The molecule has 1 heterocycles. The van der Waals surface area contributed by atoms with Crippen LogP contribution in [0, 0.1) is 5.92 Å². The lowest BCUT2D eigenvalue weighted by atomic mass is 10.1. The van der Waals surface area contributed by atoms with Gasteiger partial charge in [-0.15, -0.1) is 0 Å². The highest BCUT2D eigenvalue weighted by molar-refractivity contribution is 5.73. The Bertz CT molecular complexity index is 943. The third-order valence-corrected chi connectivity index (χ3v) is 4.48. The molecule has 0 amide bonds. The van der Waals surface area contributed by atoms with Crippen LogP contribution in [0.4, 0.5) is 0 Å². The van der Waals surface area contributed by atoms with Crippen LogP contribution in [-0.2, 0) is 29.0 Å². The Kier molecular flexibility index (Phi) is 7.55. The number of carbonyl (C=O) groups excluding carboxylic acids is 1. The van der Waals surface area contributed by atoms with Crippen molar-refractivity contribution in [1.29, 1.82) is 0 Å². The molecule has 5 heteroatoms. The summed E-state index contributed by atoms with van der Waals surface area (Å²) >= 11 is 0. The average Bonchev–Trinajstić information content (AvgIpc) is 3.19. The van der Waals surface area contributed by atoms with Crippen LogP contribution < -0.4 is 9.47 Å². The Morgan fingerprint density at radius 3 is 2.50 bits per heavy atom. The van der Waals surface area contributed by atoms with Gasteiger partial charge < -0.3 is 18.6 Å². The molecule has 0 aliphatic heterocycles. The fourth-order valence-electron chi connectivity index (χ4n) is 2.97. The molecule has 0 aliphatic rings. The average molecular weight is 408 g/mol. The van der Waals surface area contributed by atoms with E-state index in [0.29, 0.717) is 30.4 Å². The van der Waals surface area contributed by atoms with Crippen LogP contribution in [-0.4, -0.2) is 19.7 Å². The fourth-order valence-corrected chi connectivity index (χ4v) is 2.97. The lowest BCUT2D eigenvalue weighted by Crippen LogP contribution is -2.09. The van der Waals surface area contributed by atoms with Crippen molar-refractivity contribution in [3.63, 3.8) is 0 Å². The molecule has 3 rings (SSSR count). The quantitative estimate of drug-likeness (QED) is 0.432. The Labute approximate surface area is 177 Å². The molecular formula is C25H28O5. The van der Waals surface area contributed by atoms with Gasteiger partial charge in [-0.05, 0) is 35.2 Å². The molecule has 0 saturated heterocycles. The second-order valence-electron chi connectivity index (χ2n) is 7.61. The van der Waals surface area contributed by atoms with Gasteiger partial charge in [0.1, 0.15) is 12.4 Å². The standard InChI is InChI=1S/C25H28O5/c1-18(2)15-29-23-10-9-20(13-24(23)27-3)14-25(26)30-17-21-12-22(28-16-21)11-19-7-5-4-6-8-19/h4-10,12-13,16,18H,11,14-15,17H2,1-3H3. The smallest absolute Gasteiger partial charge is 0.310 e. The minimum Gasteiger partial charge on any atom is -0.493 e. The summed E-state index contributed by atoms with van der Waals surface area (Å²) in [4.78, 5) is 12.3. The maximum Gasteiger partial charge on any atom is 0.310 e. The number of esters is 1. The van der Waals surface area contributed by atoms with Crippen molar-refractivity contribution in [3.05, 3.63) is 83.3 Å². The summed E-state index contributed by atoms with van der Waals surface area (Å²) in [5.41, 5.74) is 2.82. The van der Waals surface area contributed by atoms with E-state index >= 15 is 0 Å². The number of benzene rings is 2. The van der Waals surface area contributed by atoms with Crippen LogP contribution in [0.2, 0.25) is 0 Å². The molecule has 2 aromatic carbocycles. The van der Waals surface area contributed by atoms with Gasteiger partial charge in [-0.3, -0.25) is 4.79 Å². The SMILES string of the molecule is COc1cc(CC(=O)OCc2coc(Cc3ccccc3)c2)ccc1OCC(C)C. The summed E-state index contributed by atoms with van der Waals surface area (Å²) in [6.07, 6.45) is 2.50. The van der Waals surface area contributed by atoms with Crippen LogP contribution in [0.15, 0.2) is 65.3 Å². The van der Waals surface area contributed by atoms with E-state index in [0.717, 1.165) is 16.9 Å². The van der Waals surface area contributed by atoms with Crippen molar-refractivity contribution >= 4 is 5.97 Å². The van der Waals surface area contributed by atoms with Crippen molar-refractivity contribution < 1.29 is 23.4 Å². The van der Waals surface area contributed by atoms with Gasteiger partial charge in [0.2, 0.25) is 0 Å². The molecule has 0 radical (unpaired) electrons. The van der Waals surface area contributed by atoms with E-state index < -0.39 is 0 Å². The monoisotopic (exact) mass is 408 g/mol. The van der Waals surface area contributed by atoms with E-state index in [4.69, 9.17) is 18.6 Å². The number of methoxy groups -OCH3 is 1. The summed E-state index contributed by atoms with van der Waals surface area (Å²) in [5, 5.41) is 0. The van der Waals surface area contributed by atoms with Gasteiger partial charge >= 0.3 is 5.97 Å². The Balaban J connectivity index is 1.51. The second-order valence-corrected chi connectivity index (χ2v) is 7.61. The van der Waals surface area contributed by atoms with Crippen LogP contribution >= 0.6 is 0 Å². The number of hydrogen-bond donors (Lipinski definition) is 0. The first-order chi connectivity index (χ1) is 14.5. The van der Waals surface area contributed by atoms with Crippen LogP contribution in [0.1, 0.15) is 36.3 Å². The predicted octanol–water partition coefficient (Wildman–Crippen LogP) is 5.20. The molecule has 30 heavy (non-hydrogen) atoms. The zero-order valence-electron chi connectivity index (χ0n) is 17.7. The van der Waals surface area contributed by atoms with Gasteiger partial charge in [0.05, 0.1) is 26.4 Å². The van der Waals surface area contributed by atoms with E-state index in [-0.39, 0.29) is 19.0 Å². The minimum absolute atomic E-state index is 0.162. The van der Waals surface area contributed by atoms with Gasteiger partial charge in [-0.25, -0.2) is 0 Å². The first kappa shape index (κ1) is 21.5. The fraction of sp³-hybridized carbons (Fsp3) is 0.320. The molecule has 3 aromatic rings. The highest BCUT2D eigenvalue weighted by Crippen LogP contribution is 2.28. The van der Waals surface area contributed by atoms with Crippen LogP contribution in [0.3, 0.4) is 0 Å². The van der Waals surface area contributed by atoms with Crippen LogP contribution in [0.25, 0.3) is 0 Å². The number of ether oxygens (including phenoxy) is 3. The number of rotatable bonds is 10. The number of furan rings is 1. The molecule has 158 valence electrons. The van der Waals surface area contributed by atoms with Crippen molar-refractivity contribution in [3.8, 4) is 11.5 Å². The van der Waals surface area contributed by atoms with Gasteiger partial charge in [-0.2, -0.15) is 0 Å². The van der Waals surface area contributed by atoms with Gasteiger partial charge in [0.25, 0.3) is 0 Å².